The van der Waals surface area contributed by atoms with Gasteiger partial charge in [-0.25, -0.2) is 0 Å². The van der Waals surface area contributed by atoms with Crippen molar-refractivity contribution >= 4 is 5.91 Å². The third kappa shape index (κ3) is 15.7. The highest BCUT2D eigenvalue weighted by Gasteiger charge is 2.05. The van der Waals surface area contributed by atoms with Crippen LogP contribution in [0.25, 0.3) is 0 Å². The number of hydrogen-bond acceptors (Lipinski definition) is 4. The highest BCUT2D eigenvalue weighted by atomic mass is 16.5. The minimum absolute atomic E-state index is 0.0275. The van der Waals surface area contributed by atoms with Crippen molar-refractivity contribution in [1.29, 1.82) is 0 Å². The van der Waals surface area contributed by atoms with Crippen LogP contribution in [0.5, 0.6) is 0 Å². The molecule has 0 bridgehead atoms. The summed E-state index contributed by atoms with van der Waals surface area (Å²) in [7, 11) is 0. The van der Waals surface area contributed by atoms with Crippen molar-refractivity contribution in [3.8, 4) is 0 Å². The Morgan fingerprint density at radius 2 is 1.59 bits per heavy atom. The van der Waals surface area contributed by atoms with E-state index in [4.69, 9.17) is 10.2 Å². The molecular formula is C16H34N2O4. The third-order valence-electron chi connectivity index (χ3n) is 3.64. The highest BCUT2D eigenvalue weighted by Crippen LogP contribution is 2.10. The normalized spacial score (nSPS) is 12.6. The molecule has 0 aromatic heterocycles. The number of carbonyl (C=O) groups excluding carboxylic acids is 1. The number of amides is 1. The minimum Gasteiger partial charge on any atom is -0.634 e. The minimum atomic E-state index is -1.59. The van der Waals surface area contributed by atoms with Gasteiger partial charge in [0.05, 0.1) is 13.1 Å². The number of rotatable bonds is 15. The van der Waals surface area contributed by atoms with Gasteiger partial charge >= 0.3 is 0 Å². The molecule has 0 aromatic rings. The standard InChI is InChI=1S/C16H34N2O4/c1-2-3-4-5-6-7-8-9-10-11-15(19)17-12-13-18(22)14-16(20)21/h16,18,20-21H,2-14H2,1H3,(H,17,19). The Bertz CT molecular complexity index is 263. The van der Waals surface area contributed by atoms with Crippen LogP contribution in [0.1, 0.15) is 71.1 Å². The van der Waals surface area contributed by atoms with Gasteiger partial charge in [0.2, 0.25) is 12.2 Å². The fourth-order valence-corrected chi connectivity index (χ4v) is 2.33. The number of hydrogen-bond donors (Lipinski definition) is 4. The molecule has 0 rings (SSSR count). The van der Waals surface area contributed by atoms with Crippen LogP contribution in [0.4, 0.5) is 0 Å². The lowest BCUT2D eigenvalue weighted by Gasteiger charge is -2.22. The van der Waals surface area contributed by atoms with Crippen molar-refractivity contribution < 1.29 is 20.1 Å². The Morgan fingerprint density at radius 3 is 2.14 bits per heavy atom. The lowest BCUT2D eigenvalue weighted by molar-refractivity contribution is -0.853. The molecule has 6 heteroatoms. The molecule has 0 saturated heterocycles. The van der Waals surface area contributed by atoms with Crippen molar-refractivity contribution in [2.45, 2.75) is 77.4 Å². The first-order chi connectivity index (χ1) is 10.6. The van der Waals surface area contributed by atoms with E-state index in [-0.39, 0.29) is 30.6 Å². The molecule has 0 fully saturated rings. The van der Waals surface area contributed by atoms with Gasteiger partial charge in [-0.05, 0) is 6.42 Å². The molecular weight excluding hydrogens is 284 g/mol. The molecule has 0 radical (unpaired) electrons. The maximum absolute atomic E-state index is 11.5. The van der Waals surface area contributed by atoms with Gasteiger partial charge in [-0.3, -0.25) is 4.79 Å². The Labute approximate surface area is 134 Å². The van der Waals surface area contributed by atoms with Crippen molar-refractivity contribution in [3.63, 3.8) is 0 Å². The van der Waals surface area contributed by atoms with Gasteiger partial charge in [0.25, 0.3) is 0 Å². The molecule has 0 heterocycles. The van der Waals surface area contributed by atoms with E-state index >= 15 is 0 Å². The van der Waals surface area contributed by atoms with E-state index in [0.29, 0.717) is 6.42 Å². The van der Waals surface area contributed by atoms with E-state index < -0.39 is 6.29 Å². The largest absolute Gasteiger partial charge is 0.634 e. The second kappa shape index (κ2) is 15.2. The quantitative estimate of drug-likeness (QED) is 0.203. The van der Waals surface area contributed by atoms with Crippen LogP contribution in [-0.2, 0) is 4.79 Å². The molecule has 0 aliphatic carbocycles. The number of unbranched alkanes of at least 4 members (excludes halogenated alkanes) is 8. The molecule has 132 valence electrons. The maximum atomic E-state index is 11.5. The molecule has 1 unspecified atom stereocenters. The van der Waals surface area contributed by atoms with Crippen molar-refractivity contribution in [2.24, 2.45) is 0 Å². The van der Waals surface area contributed by atoms with Crippen LogP contribution in [0, 0.1) is 5.21 Å². The van der Waals surface area contributed by atoms with E-state index in [9.17, 15) is 10.0 Å². The lowest BCUT2D eigenvalue weighted by atomic mass is 10.1. The molecule has 0 aliphatic heterocycles. The second-order valence-corrected chi connectivity index (χ2v) is 5.90. The molecule has 0 aromatic carbocycles. The third-order valence-corrected chi connectivity index (χ3v) is 3.64. The number of nitrogens with one attached hydrogen (secondary N) is 2. The van der Waals surface area contributed by atoms with Crippen molar-refractivity contribution in [2.75, 3.05) is 19.6 Å². The smallest absolute Gasteiger partial charge is 0.220 e. The van der Waals surface area contributed by atoms with Crippen LogP contribution in [0.3, 0.4) is 0 Å². The Morgan fingerprint density at radius 1 is 1.05 bits per heavy atom. The van der Waals surface area contributed by atoms with Gasteiger partial charge in [0.15, 0.2) is 0 Å². The molecule has 22 heavy (non-hydrogen) atoms. The predicted molar refractivity (Wildman–Crippen MR) is 87.1 cm³/mol. The van der Waals surface area contributed by atoms with Gasteiger partial charge in [0.1, 0.15) is 6.54 Å². The fraction of sp³-hybridized carbons (Fsp3) is 0.938. The molecule has 0 saturated carbocycles. The van der Waals surface area contributed by atoms with Crippen LogP contribution in [0.15, 0.2) is 0 Å². The molecule has 4 N–H and O–H groups in total. The summed E-state index contributed by atoms with van der Waals surface area (Å²) in [5.41, 5.74) is 0. The van der Waals surface area contributed by atoms with Gasteiger partial charge < -0.3 is 25.8 Å². The zero-order valence-electron chi connectivity index (χ0n) is 14.0. The highest BCUT2D eigenvalue weighted by molar-refractivity contribution is 5.75. The summed E-state index contributed by atoms with van der Waals surface area (Å²) in [6.07, 6.45) is 9.90. The molecule has 1 atom stereocenters. The van der Waals surface area contributed by atoms with E-state index in [1.807, 2.05) is 0 Å². The monoisotopic (exact) mass is 318 g/mol. The maximum Gasteiger partial charge on any atom is 0.220 e. The number of quaternary nitrogens is 1. The Hall–Kier alpha value is -0.690. The number of aliphatic hydroxyl groups excluding tert-OH is 1. The Balaban J connectivity index is 3.29. The fourth-order valence-electron chi connectivity index (χ4n) is 2.33. The first-order valence-corrected chi connectivity index (χ1v) is 8.70. The van der Waals surface area contributed by atoms with Crippen LogP contribution in [-0.4, -0.2) is 42.0 Å². The van der Waals surface area contributed by atoms with Crippen LogP contribution in [0.2, 0.25) is 0 Å². The number of hydroxylamine groups is 2. The van der Waals surface area contributed by atoms with Crippen molar-refractivity contribution in [1.82, 2.24) is 5.32 Å². The van der Waals surface area contributed by atoms with Gasteiger partial charge in [-0.1, -0.05) is 58.3 Å². The Kier molecular flexibility index (Phi) is 14.7. The van der Waals surface area contributed by atoms with Gasteiger partial charge in [-0.2, -0.15) is 0 Å². The summed E-state index contributed by atoms with van der Waals surface area (Å²) in [5, 5.41) is 30.9. The van der Waals surface area contributed by atoms with E-state index in [0.717, 1.165) is 12.8 Å². The van der Waals surface area contributed by atoms with E-state index in [1.54, 1.807) is 0 Å². The summed E-state index contributed by atoms with van der Waals surface area (Å²) < 4.78 is 0. The average molecular weight is 318 g/mol. The molecule has 0 aliphatic rings. The van der Waals surface area contributed by atoms with Crippen LogP contribution < -0.4 is 10.4 Å². The van der Waals surface area contributed by atoms with Crippen LogP contribution >= 0.6 is 0 Å². The summed E-state index contributed by atoms with van der Waals surface area (Å²) in [5.74, 6) is -0.0275. The zero-order chi connectivity index (χ0) is 16.6. The predicted octanol–water partition coefficient (Wildman–Crippen LogP) is 0.717. The summed E-state index contributed by atoms with van der Waals surface area (Å²) >= 11 is 0. The summed E-state index contributed by atoms with van der Waals surface area (Å²) in [6, 6.07) is 0. The SMILES string of the molecule is CCCCCCCCCCCC(=O)NCC[NH+]([O-])CC(O)O. The van der Waals surface area contributed by atoms with Gasteiger partial charge in [0, 0.05) is 6.42 Å². The zero-order valence-corrected chi connectivity index (χ0v) is 14.0. The lowest BCUT2D eigenvalue weighted by Crippen LogP contribution is -3.09. The number of carbonyl (C=O) groups is 1. The average Bonchev–Trinajstić information content (AvgIpc) is 2.44. The summed E-state index contributed by atoms with van der Waals surface area (Å²) in [6.45, 7) is 2.38. The topological polar surface area (TPSA) is 97.1 Å². The first-order valence-electron chi connectivity index (χ1n) is 8.70. The van der Waals surface area contributed by atoms with Gasteiger partial charge in [-0.15, -0.1) is 0 Å². The van der Waals surface area contributed by atoms with Crippen molar-refractivity contribution in [3.05, 3.63) is 5.21 Å². The van der Waals surface area contributed by atoms with E-state index in [2.05, 4.69) is 12.2 Å². The second-order valence-electron chi connectivity index (χ2n) is 5.90. The van der Waals surface area contributed by atoms with E-state index in [1.165, 1.54) is 44.9 Å². The first kappa shape index (κ1) is 21.3. The molecule has 1 amide bonds. The molecule has 6 nitrogen and oxygen atoms in total. The summed E-state index contributed by atoms with van der Waals surface area (Å²) in [4.78, 5) is 11.5. The number of aliphatic hydroxyl groups is 2. The molecule has 0 spiro atoms.